The number of hydrogen-bond acceptors (Lipinski definition) is 6. The minimum Gasteiger partial charge on any atom is -0.454 e. The predicted octanol–water partition coefficient (Wildman–Crippen LogP) is 1.92. The number of nitrogens with one attached hydrogen (secondary N) is 2. The standard InChI is InChI=1S/C22H25N3O5/c1-15-2-4-17(11-18(15)24-21(26)13-25-6-8-28-9-7-25)22(27)23-12-16-3-5-19-20(10-16)30-14-29-19/h2-5,10-11H,6-9,12-14H2,1H3,(H,23,27)(H,24,26). The molecule has 1 saturated heterocycles. The van der Waals surface area contributed by atoms with Gasteiger partial charge in [0, 0.05) is 30.9 Å². The molecular formula is C22H25N3O5. The molecule has 2 aromatic rings. The van der Waals surface area contributed by atoms with E-state index in [2.05, 4.69) is 15.5 Å². The Morgan fingerprint density at radius 1 is 1.03 bits per heavy atom. The maximum atomic E-state index is 12.6. The van der Waals surface area contributed by atoms with Crippen molar-refractivity contribution >= 4 is 17.5 Å². The zero-order chi connectivity index (χ0) is 20.9. The minimum absolute atomic E-state index is 0.0991. The molecule has 2 aliphatic rings. The molecule has 2 heterocycles. The topological polar surface area (TPSA) is 89.1 Å². The number of nitrogens with zero attached hydrogens (tertiary/aromatic N) is 1. The molecule has 30 heavy (non-hydrogen) atoms. The number of ether oxygens (including phenoxy) is 3. The van der Waals surface area contributed by atoms with E-state index in [9.17, 15) is 9.59 Å². The molecule has 2 aliphatic heterocycles. The van der Waals surface area contributed by atoms with E-state index in [1.165, 1.54) is 0 Å². The number of rotatable bonds is 6. The minimum atomic E-state index is -0.212. The summed E-state index contributed by atoms with van der Waals surface area (Å²) in [5, 5.41) is 5.82. The number of morpholine rings is 1. The van der Waals surface area contributed by atoms with Gasteiger partial charge in [-0.2, -0.15) is 0 Å². The summed E-state index contributed by atoms with van der Waals surface area (Å²) in [4.78, 5) is 27.1. The van der Waals surface area contributed by atoms with E-state index in [-0.39, 0.29) is 18.6 Å². The fourth-order valence-electron chi connectivity index (χ4n) is 3.39. The third-order valence-corrected chi connectivity index (χ3v) is 5.13. The van der Waals surface area contributed by atoms with E-state index >= 15 is 0 Å². The van der Waals surface area contributed by atoms with Gasteiger partial charge < -0.3 is 24.8 Å². The monoisotopic (exact) mass is 411 g/mol. The fraction of sp³-hybridized carbons (Fsp3) is 0.364. The van der Waals surface area contributed by atoms with Crippen LogP contribution in [0.3, 0.4) is 0 Å². The second-order valence-corrected chi connectivity index (χ2v) is 7.34. The summed E-state index contributed by atoms with van der Waals surface area (Å²) < 4.78 is 16.0. The van der Waals surface area contributed by atoms with Crippen LogP contribution in [0.4, 0.5) is 5.69 Å². The van der Waals surface area contributed by atoms with Crippen molar-refractivity contribution in [2.24, 2.45) is 0 Å². The largest absolute Gasteiger partial charge is 0.454 e. The lowest BCUT2D eigenvalue weighted by atomic mass is 10.1. The fourth-order valence-corrected chi connectivity index (χ4v) is 3.39. The second kappa shape index (κ2) is 9.15. The summed E-state index contributed by atoms with van der Waals surface area (Å²) in [6.45, 7) is 5.57. The summed E-state index contributed by atoms with van der Waals surface area (Å²) in [6, 6.07) is 10.9. The zero-order valence-corrected chi connectivity index (χ0v) is 16.9. The van der Waals surface area contributed by atoms with Crippen molar-refractivity contribution in [1.29, 1.82) is 0 Å². The van der Waals surface area contributed by atoms with Crippen LogP contribution in [0.15, 0.2) is 36.4 Å². The third-order valence-electron chi connectivity index (χ3n) is 5.13. The second-order valence-electron chi connectivity index (χ2n) is 7.34. The van der Waals surface area contributed by atoms with Crippen LogP contribution in [0.2, 0.25) is 0 Å². The van der Waals surface area contributed by atoms with Crippen LogP contribution in [0.5, 0.6) is 11.5 Å². The summed E-state index contributed by atoms with van der Waals surface area (Å²) >= 11 is 0. The zero-order valence-electron chi connectivity index (χ0n) is 16.9. The summed E-state index contributed by atoms with van der Waals surface area (Å²) in [5.41, 5.74) is 2.95. The maximum Gasteiger partial charge on any atom is 0.251 e. The molecule has 158 valence electrons. The molecule has 1 fully saturated rings. The highest BCUT2D eigenvalue weighted by molar-refractivity contribution is 5.98. The van der Waals surface area contributed by atoms with Gasteiger partial charge in [-0.1, -0.05) is 12.1 Å². The van der Waals surface area contributed by atoms with Gasteiger partial charge in [0.25, 0.3) is 5.91 Å². The van der Waals surface area contributed by atoms with Crippen LogP contribution in [0.25, 0.3) is 0 Å². The summed E-state index contributed by atoms with van der Waals surface area (Å²) in [5.74, 6) is 1.08. The molecule has 8 nitrogen and oxygen atoms in total. The Kier molecular flexibility index (Phi) is 6.15. The van der Waals surface area contributed by atoms with E-state index in [0.717, 1.165) is 24.2 Å². The number of fused-ring (bicyclic) bond motifs is 1. The van der Waals surface area contributed by atoms with Crippen LogP contribution in [0.1, 0.15) is 21.5 Å². The Bertz CT molecular complexity index is 940. The first-order valence-corrected chi connectivity index (χ1v) is 9.96. The quantitative estimate of drug-likeness (QED) is 0.755. The van der Waals surface area contributed by atoms with Crippen molar-refractivity contribution in [1.82, 2.24) is 10.2 Å². The highest BCUT2D eigenvalue weighted by atomic mass is 16.7. The molecule has 4 rings (SSSR count). The number of hydrogen-bond donors (Lipinski definition) is 2. The Morgan fingerprint density at radius 2 is 1.83 bits per heavy atom. The third kappa shape index (κ3) is 4.90. The SMILES string of the molecule is Cc1ccc(C(=O)NCc2ccc3c(c2)OCO3)cc1NC(=O)CN1CCOCC1. The molecule has 0 bridgehead atoms. The van der Waals surface area contributed by atoms with Crippen molar-refractivity contribution in [3.05, 3.63) is 53.1 Å². The van der Waals surface area contributed by atoms with E-state index in [0.29, 0.717) is 49.1 Å². The van der Waals surface area contributed by atoms with E-state index in [4.69, 9.17) is 14.2 Å². The number of aryl methyl sites for hydroxylation is 1. The van der Waals surface area contributed by atoms with Crippen LogP contribution >= 0.6 is 0 Å². The van der Waals surface area contributed by atoms with Gasteiger partial charge in [-0.25, -0.2) is 0 Å². The molecule has 0 spiro atoms. The Hall–Kier alpha value is -3.10. The van der Waals surface area contributed by atoms with Crippen molar-refractivity contribution in [2.45, 2.75) is 13.5 Å². The first kappa shape index (κ1) is 20.2. The Balaban J connectivity index is 1.35. The van der Waals surface area contributed by atoms with Gasteiger partial charge in [-0.05, 0) is 42.3 Å². The number of carbonyl (C=O) groups is 2. The molecule has 2 amide bonds. The highest BCUT2D eigenvalue weighted by Crippen LogP contribution is 2.32. The number of carbonyl (C=O) groups excluding carboxylic acids is 2. The Labute approximate surface area is 175 Å². The van der Waals surface area contributed by atoms with Gasteiger partial charge >= 0.3 is 0 Å². The molecule has 0 atom stereocenters. The molecule has 8 heteroatoms. The van der Waals surface area contributed by atoms with Gasteiger partial charge in [0.15, 0.2) is 11.5 Å². The molecule has 2 aromatic carbocycles. The smallest absolute Gasteiger partial charge is 0.251 e. The molecule has 0 aliphatic carbocycles. The van der Waals surface area contributed by atoms with E-state index < -0.39 is 0 Å². The normalized spacial score (nSPS) is 15.6. The molecular weight excluding hydrogens is 386 g/mol. The molecule has 0 unspecified atom stereocenters. The molecule has 2 N–H and O–H groups in total. The summed E-state index contributed by atoms with van der Waals surface area (Å²) in [6.07, 6.45) is 0. The lowest BCUT2D eigenvalue weighted by molar-refractivity contribution is -0.118. The van der Waals surface area contributed by atoms with Crippen LogP contribution in [-0.2, 0) is 16.1 Å². The van der Waals surface area contributed by atoms with Gasteiger partial charge in [-0.3, -0.25) is 14.5 Å². The highest BCUT2D eigenvalue weighted by Gasteiger charge is 2.16. The predicted molar refractivity (Wildman–Crippen MR) is 111 cm³/mol. The Morgan fingerprint density at radius 3 is 2.67 bits per heavy atom. The average molecular weight is 411 g/mol. The lowest BCUT2D eigenvalue weighted by Gasteiger charge is -2.26. The van der Waals surface area contributed by atoms with Crippen molar-refractivity contribution in [3.8, 4) is 11.5 Å². The maximum absolute atomic E-state index is 12.6. The number of anilines is 1. The van der Waals surface area contributed by atoms with Gasteiger partial charge in [0.2, 0.25) is 12.7 Å². The first-order chi connectivity index (χ1) is 14.6. The summed E-state index contributed by atoms with van der Waals surface area (Å²) in [7, 11) is 0. The van der Waals surface area contributed by atoms with E-state index in [1.807, 2.05) is 31.2 Å². The van der Waals surface area contributed by atoms with Crippen molar-refractivity contribution in [3.63, 3.8) is 0 Å². The van der Waals surface area contributed by atoms with Crippen LogP contribution in [0, 0.1) is 6.92 Å². The van der Waals surface area contributed by atoms with E-state index in [1.54, 1.807) is 12.1 Å². The molecule has 0 radical (unpaired) electrons. The van der Waals surface area contributed by atoms with Gasteiger partial charge in [0.05, 0.1) is 19.8 Å². The number of benzene rings is 2. The first-order valence-electron chi connectivity index (χ1n) is 9.96. The van der Waals surface area contributed by atoms with Gasteiger partial charge in [-0.15, -0.1) is 0 Å². The van der Waals surface area contributed by atoms with Crippen molar-refractivity contribution < 1.29 is 23.8 Å². The molecule has 0 aromatic heterocycles. The lowest BCUT2D eigenvalue weighted by Crippen LogP contribution is -2.41. The number of amides is 2. The van der Waals surface area contributed by atoms with Crippen molar-refractivity contribution in [2.75, 3.05) is 45.0 Å². The van der Waals surface area contributed by atoms with Gasteiger partial charge in [0.1, 0.15) is 0 Å². The average Bonchev–Trinajstić information content (AvgIpc) is 3.22. The van der Waals surface area contributed by atoms with Crippen LogP contribution < -0.4 is 20.1 Å². The molecule has 0 saturated carbocycles. The van der Waals surface area contributed by atoms with Crippen LogP contribution in [-0.4, -0.2) is 56.4 Å².